The Morgan fingerprint density at radius 2 is 2.00 bits per heavy atom. The Kier molecular flexibility index (Phi) is 4.76. The smallest absolute Gasteiger partial charge is 0.0572 e. The Hall–Kier alpha value is -1.13. The molecule has 4 heteroatoms. The summed E-state index contributed by atoms with van der Waals surface area (Å²) in [7, 11) is 0. The molecular weight excluding hydrogens is 260 g/mol. The summed E-state index contributed by atoms with van der Waals surface area (Å²) in [5, 5.41) is 3.49. The van der Waals surface area contributed by atoms with Gasteiger partial charge in [-0.1, -0.05) is 6.92 Å². The van der Waals surface area contributed by atoms with E-state index in [1.54, 1.807) is 0 Å². The minimum absolute atomic E-state index is 0.339. The number of hydrogen-bond donors (Lipinski definition) is 1. The normalized spacial score (nSPS) is 21.5. The Morgan fingerprint density at radius 3 is 2.57 bits per heavy atom. The lowest BCUT2D eigenvalue weighted by molar-refractivity contribution is 0.248. The molecule has 1 saturated heterocycles. The molecule has 0 radical (unpaired) electrons. The van der Waals surface area contributed by atoms with E-state index in [-0.39, 0.29) is 0 Å². The summed E-state index contributed by atoms with van der Waals surface area (Å²) >= 11 is 0. The van der Waals surface area contributed by atoms with Crippen molar-refractivity contribution in [1.82, 2.24) is 15.2 Å². The van der Waals surface area contributed by atoms with Gasteiger partial charge in [0, 0.05) is 38.3 Å². The van der Waals surface area contributed by atoms with E-state index in [2.05, 4.69) is 46.1 Å². The third-order valence-electron chi connectivity index (χ3n) is 4.66. The van der Waals surface area contributed by atoms with Crippen molar-refractivity contribution in [1.29, 1.82) is 0 Å². The highest BCUT2D eigenvalue weighted by molar-refractivity contribution is 5.45. The zero-order valence-electron chi connectivity index (χ0n) is 13.4. The fourth-order valence-corrected chi connectivity index (χ4v) is 3.09. The number of rotatable bonds is 6. The molecule has 21 heavy (non-hydrogen) atoms. The standard InChI is InChI=1S/C17H28N4/c1-3-8-18-14(2)17-7-6-16(13-19-17)21-11-9-20(10-12-21)15-4-5-15/h6-7,13-15,18H,3-5,8-12H2,1-2H3. The molecule has 1 aromatic rings. The van der Waals surface area contributed by atoms with Crippen molar-refractivity contribution in [3.05, 3.63) is 24.0 Å². The first-order valence-corrected chi connectivity index (χ1v) is 8.46. The van der Waals surface area contributed by atoms with Crippen LogP contribution < -0.4 is 10.2 Å². The van der Waals surface area contributed by atoms with Gasteiger partial charge >= 0.3 is 0 Å². The highest BCUT2D eigenvalue weighted by Gasteiger charge is 2.31. The Balaban J connectivity index is 1.54. The average molecular weight is 288 g/mol. The second kappa shape index (κ2) is 6.75. The maximum Gasteiger partial charge on any atom is 0.0572 e. The fraction of sp³-hybridized carbons (Fsp3) is 0.706. The summed E-state index contributed by atoms with van der Waals surface area (Å²) in [6.45, 7) is 10.1. The quantitative estimate of drug-likeness (QED) is 0.871. The van der Waals surface area contributed by atoms with Crippen LogP contribution in [0.15, 0.2) is 18.3 Å². The molecule has 1 N–H and O–H groups in total. The number of nitrogens with one attached hydrogen (secondary N) is 1. The van der Waals surface area contributed by atoms with Gasteiger partial charge in [-0.15, -0.1) is 0 Å². The predicted octanol–water partition coefficient (Wildman–Crippen LogP) is 2.43. The van der Waals surface area contributed by atoms with E-state index in [1.165, 1.54) is 31.6 Å². The molecule has 2 fully saturated rings. The largest absolute Gasteiger partial charge is 0.368 e. The van der Waals surface area contributed by atoms with E-state index in [4.69, 9.17) is 0 Å². The van der Waals surface area contributed by atoms with Crippen LogP contribution in [0.5, 0.6) is 0 Å². The second-order valence-corrected chi connectivity index (χ2v) is 6.37. The Morgan fingerprint density at radius 1 is 1.24 bits per heavy atom. The Bertz CT molecular complexity index is 433. The van der Waals surface area contributed by atoms with Gasteiger partial charge in [-0.2, -0.15) is 0 Å². The van der Waals surface area contributed by atoms with Crippen LogP contribution in [0.3, 0.4) is 0 Å². The lowest BCUT2D eigenvalue weighted by Crippen LogP contribution is -2.47. The topological polar surface area (TPSA) is 31.4 Å². The zero-order chi connectivity index (χ0) is 14.7. The van der Waals surface area contributed by atoms with Gasteiger partial charge in [-0.05, 0) is 44.9 Å². The van der Waals surface area contributed by atoms with E-state index in [0.29, 0.717) is 6.04 Å². The van der Waals surface area contributed by atoms with Crippen molar-refractivity contribution in [2.75, 3.05) is 37.6 Å². The lowest BCUT2D eigenvalue weighted by Gasteiger charge is -2.36. The molecule has 2 heterocycles. The van der Waals surface area contributed by atoms with Gasteiger partial charge in [0.2, 0.25) is 0 Å². The first-order valence-electron chi connectivity index (χ1n) is 8.46. The van der Waals surface area contributed by atoms with Gasteiger partial charge in [-0.3, -0.25) is 9.88 Å². The zero-order valence-corrected chi connectivity index (χ0v) is 13.4. The monoisotopic (exact) mass is 288 g/mol. The molecule has 0 aromatic carbocycles. The molecule has 0 bridgehead atoms. The molecule has 116 valence electrons. The van der Waals surface area contributed by atoms with Crippen LogP contribution in [0.25, 0.3) is 0 Å². The van der Waals surface area contributed by atoms with Crippen LogP contribution in [0, 0.1) is 0 Å². The summed E-state index contributed by atoms with van der Waals surface area (Å²) in [5.74, 6) is 0. The maximum absolute atomic E-state index is 4.66. The van der Waals surface area contributed by atoms with Gasteiger partial charge < -0.3 is 10.2 Å². The number of piperazine rings is 1. The van der Waals surface area contributed by atoms with Crippen LogP contribution >= 0.6 is 0 Å². The SMILES string of the molecule is CCCNC(C)c1ccc(N2CCN(C3CC3)CC2)cn1. The molecule has 4 nitrogen and oxygen atoms in total. The first kappa shape index (κ1) is 14.8. The molecule has 1 aliphatic carbocycles. The molecule has 2 aliphatic rings. The number of nitrogens with zero attached hydrogens (tertiary/aromatic N) is 3. The van der Waals surface area contributed by atoms with Gasteiger partial charge in [0.05, 0.1) is 17.6 Å². The predicted molar refractivity (Wildman–Crippen MR) is 87.8 cm³/mol. The first-order chi connectivity index (χ1) is 10.3. The second-order valence-electron chi connectivity index (χ2n) is 6.37. The third-order valence-corrected chi connectivity index (χ3v) is 4.66. The third kappa shape index (κ3) is 3.74. The summed E-state index contributed by atoms with van der Waals surface area (Å²) in [6, 6.07) is 5.65. The van der Waals surface area contributed by atoms with E-state index in [9.17, 15) is 0 Å². The van der Waals surface area contributed by atoms with E-state index >= 15 is 0 Å². The summed E-state index contributed by atoms with van der Waals surface area (Å²) in [5.41, 5.74) is 2.42. The maximum atomic E-state index is 4.66. The molecule has 1 unspecified atom stereocenters. The molecule has 0 amide bonds. The molecule has 1 aromatic heterocycles. The summed E-state index contributed by atoms with van der Waals surface area (Å²) in [6.07, 6.45) is 6.04. The minimum atomic E-state index is 0.339. The highest BCUT2D eigenvalue weighted by Crippen LogP contribution is 2.28. The average Bonchev–Trinajstić information content (AvgIpc) is 3.38. The van der Waals surface area contributed by atoms with E-state index in [0.717, 1.165) is 37.8 Å². The van der Waals surface area contributed by atoms with Gasteiger partial charge in [0.1, 0.15) is 0 Å². The van der Waals surface area contributed by atoms with Gasteiger partial charge in [0.25, 0.3) is 0 Å². The van der Waals surface area contributed by atoms with Crippen molar-refractivity contribution < 1.29 is 0 Å². The fourth-order valence-electron chi connectivity index (χ4n) is 3.09. The summed E-state index contributed by atoms with van der Waals surface area (Å²) in [4.78, 5) is 9.78. The van der Waals surface area contributed by atoms with Gasteiger partial charge in [0.15, 0.2) is 0 Å². The van der Waals surface area contributed by atoms with E-state index < -0.39 is 0 Å². The molecule has 3 rings (SSSR count). The van der Waals surface area contributed by atoms with Crippen molar-refractivity contribution in [2.24, 2.45) is 0 Å². The lowest BCUT2D eigenvalue weighted by atomic mass is 10.2. The molecule has 1 saturated carbocycles. The Labute approximate surface area is 128 Å². The number of aromatic nitrogens is 1. The van der Waals surface area contributed by atoms with Crippen LogP contribution in [-0.4, -0.2) is 48.6 Å². The van der Waals surface area contributed by atoms with Crippen LogP contribution in [-0.2, 0) is 0 Å². The molecular formula is C17H28N4. The van der Waals surface area contributed by atoms with E-state index in [1.807, 2.05) is 6.20 Å². The molecule has 1 aliphatic heterocycles. The van der Waals surface area contributed by atoms with Crippen molar-refractivity contribution in [3.63, 3.8) is 0 Å². The minimum Gasteiger partial charge on any atom is -0.368 e. The van der Waals surface area contributed by atoms with Crippen LogP contribution in [0.2, 0.25) is 0 Å². The van der Waals surface area contributed by atoms with Gasteiger partial charge in [-0.25, -0.2) is 0 Å². The number of anilines is 1. The highest BCUT2D eigenvalue weighted by atomic mass is 15.3. The number of hydrogen-bond acceptors (Lipinski definition) is 4. The molecule has 0 spiro atoms. The van der Waals surface area contributed by atoms with Crippen molar-refractivity contribution in [3.8, 4) is 0 Å². The van der Waals surface area contributed by atoms with Crippen molar-refractivity contribution in [2.45, 2.75) is 45.2 Å². The molecule has 1 atom stereocenters. The van der Waals surface area contributed by atoms with Crippen molar-refractivity contribution >= 4 is 5.69 Å². The van der Waals surface area contributed by atoms with Crippen LogP contribution in [0.4, 0.5) is 5.69 Å². The summed E-state index contributed by atoms with van der Waals surface area (Å²) < 4.78 is 0. The van der Waals surface area contributed by atoms with Crippen LogP contribution in [0.1, 0.15) is 44.8 Å². The number of pyridine rings is 1.